The Hall–Kier alpha value is -1.87. The van der Waals surface area contributed by atoms with Crippen molar-refractivity contribution in [3.8, 4) is 6.07 Å². The third-order valence-electron chi connectivity index (χ3n) is 3.48. The third kappa shape index (κ3) is 3.66. The Morgan fingerprint density at radius 2 is 2.18 bits per heavy atom. The number of pyridine rings is 1. The van der Waals surface area contributed by atoms with Crippen molar-refractivity contribution in [2.45, 2.75) is 31.9 Å². The fraction of sp³-hybridized carbons (Fsp3) is 0.400. The zero-order valence-corrected chi connectivity index (χ0v) is 12.4. The van der Waals surface area contributed by atoms with Gasteiger partial charge in [-0.1, -0.05) is 17.2 Å². The number of aromatic nitrogens is 1. The van der Waals surface area contributed by atoms with Crippen molar-refractivity contribution < 1.29 is 18.0 Å². The predicted molar refractivity (Wildman–Crippen MR) is 74.1 cm³/mol. The molecule has 0 bridgehead atoms. The SMILES string of the molecule is CC(=CC(=O)C(C#N)c1ncc(C(F)(F)F)cc1Cl)C1CC1. The Kier molecular flexibility index (Phi) is 4.57. The molecule has 0 saturated heterocycles. The van der Waals surface area contributed by atoms with Crippen molar-refractivity contribution >= 4 is 17.4 Å². The molecule has 0 N–H and O–H groups in total. The first-order chi connectivity index (χ1) is 10.2. The van der Waals surface area contributed by atoms with Crippen LogP contribution in [0.5, 0.6) is 0 Å². The number of carbonyl (C=O) groups is 1. The summed E-state index contributed by atoms with van der Waals surface area (Å²) in [6.45, 7) is 1.80. The van der Waals surface area contributed by atoms with Gasteiger partial charge in [-0.2, -0.15) is 18.4 Å². The molecule has 0 amide bonds. The summed E-state index contributed by atoms with van der Waals surface area (Å²) in [5, 5.41) is 8.81. The molecule has 1 fully saturated rings. The van der Waals surface area contributed by atoms with Gasteiger partial charge >= 0.3 is 6.18 Å². The molecular weight excluding hydrogens is 317 g/mol. The fourth-order valence-electron chi connectivity index (χ4n) is 2.04. The summed E-state index contributed by atoms with van der Waals surface area (Å²) < 4.78 is 37.7. The summed E-state index contributed by atoms with van der Waals surface area (Å²) in [5.74, 6) is -1.45. The number of carbonyl (C=O) groups excluding carboxylic acids is 1. The molecule has 116 valence electrons. The highest BCUT2D eigenvalue weighted by atomic mass is 35.5. The normalized spacial score (nSPS) is 17.0. The second kappa shape index (κ2) is 6.09. The molecule has 0 aromatic carbocycles. The number of allylic oxidation sites excluding steroid dienone is 2. The van der Waals surface area contributed by atoms with E-state index in [-0.39, 0.29) is 10.7 Å². The van der Waals surface area contributed by atoms with Crippen LogP contribution in [0.4, 0.5) is 13.2 Å². The third-order valence-corrected chi connectivity index (χ3v) is 3.78. The maximum atomic E-state index is 12.6. The summed E-state index contributed by atoms with van der Waals surface area (Å²) >= 11 is 5.78. The first kappa shape index (κ1) is 16.5. The zero-order valence-electron chi connectivity index (χ0n) is 11.6. The van der Waals surface area contributed by atoms with Crippen LogP contribution in [0.2, 0.25) is 5.02 Å². The topological polar surface area (TPSA) is 53.8 Å². The number of hydrogen-bond acceptors (Lipinski definition) is 3. The molecule has 0 radical (unpaired) electrons. The van der Waals surface area contributed by atoms with E-state index in [1.54, 1.807) is 13.0 Å². The summed E-state index contributed by atoms with van der Waals surface area (Å²) in [5.41, 5.74) is -0.301. The highest BCUT2D eigenvalue weighted by molar-refractivity contribution is 6.31. The van der Waals surface area contributed by atoms with Gasteiger partial charge in [0.1, 0.15) is 0 Å². The number of alkyl halides is 3. The van der Waals surface area contributed by atoms with Crippen molar-refractivity contribution in [1.29, 1.82) is 5.26 Å². The van der Waals surface area contributed by atoms with E-state index in [2.05, 4.69) is 4.98 Å². The van der Waals surface area contributed by atoms with Gasteiger partial charge in [0.2, 0.25) is 0 Å². The molecule has 0 spiro atoms. The maximum Gasteiger partial charge on any atom is 0.417 e. The predicted octanol–water partition coefficient (Wildman–Crippen LogP) is 4.29. The van der Waals surface area contributed by atoms with E-state index < -0.39 is 23.4 Å². The number of halogens is 4. The van der Waals surface area contributed by atoms with E-state index in [4.69, 9.17) is 16.9 Å². The molecule has 1 heterocycles. The summed E-state index contributed by atoms with van der Waals surface area (Å²) in [7, 11) is 0. The molecule has 7 heteroatoms. The lowest BCUT2D eigenvalue weighted by Gasteiger charge is -2.11. The van der Waals surface area contributed by atoms with Crippen LogP contribution < -0.4 is 0 Å². The van der Waals surface area contributed by atoms with Gasteiger partial charge in [0.25, 0.3) is 0 Å². The molecule has 1 saturated carbocycles. The molecule has 1 aromatic rings. The van der Waals surface area contributed by atoms with E-state index in [1.807, 2.05) is 0 Å². The fourth-order valence-corrected chi connectivity index (χ4v) is 2.32. The largest absolute Gasteiger partial charge is 0.417 e. The average Bonchev–Trinajstić information content (AvgIpc) is 3.24. The number of nitriles is 1. The Bertz CT molecular complexity index is 672. The van der Waals surface area contributed by atoms with Gasteiger partial charge < -0.3 is 0 Å². The average molecular weight is 329 g/mol. The van der Waals surface area contributed by atoms with Crippen molar-refractivity contribution in [2.75, 3.05) is 0 Å². The maximum absolute atomic E-state index is 12.6. The summed E-state index contributed by atoms with van der Waals surface area (Å²) in [4.78, 5) is 15.7. The van der Waals surface area contributed by atoms with Crippen LogP contribution >= 0.6 is 11.6 Å². The highest BCUT2D eigenvalue weighted by Gasteiger charge is 2.33. The molecule has 1 aliphatic carbocycles. The summed E-state index contributed by atoms with van der Waals surface area (Å²) in [6, 6.07) is 2.44. The van der Waals surface area contributed by atoms with Crippen LogP contribution in [0.15, 0.2) is 23.9 Å². The number of hydrogen-bond donors (Lipinski definition) is 0. The number of nitrogens with zero attached hydrogens (tertiary/aromatic N) is 2. The van der Waals surface area contributed by atoms with Crippen molar-refractivity contribution in [1.82, 2.24) is 4.98 Å². The molecule has 2 rings (SSSR count). The molecule has 0 aliphatic heterocycles. The van der Waals surface area contributed by atoms with E-state index in [9.17, 15) is 18.0 Å². The lowest BCUT2D eigenvalue weighted by molar-refractivity contribution is -0.137. The minimum atomic E-state index is -4.58. The Labute approximate surface area is 130 Å². The lowest BCUT2D eigenvalue weighted by Crippen LogP contribution is -2.13. The van der Waals surface area contributed by atoms with Crippen molar-refractivity contribution in [3.63, 3.8) is 0 Å². The number of ketones is 1. The van der Waals surface area contributed by atoms with Crippen LogP contribution in [0.3, 0.4) is 0 Å². The standard InChI is InChI=1S/C15H12ClF3N2O/c1-8(9-2-3-9)4-13(22)11(6-20)14-12(16)5-10(7-21-14)15(17,18)19/h4-5,7,9,11H,2-3H2,1H3. The monoisotopic (exact) mass is 328 g/mol. The van der Waals surface area contributed by atoms with Crippen LogP contribution in [-0.2, 0) is 11.0 Å². The molecule has 1 unspecified atom stereocenters. The van der Waals surface area contributed by atoms with Crippen LogP contribution in [0, 0.1) is 17.2 Å². The van der Waals surface area contributed by atoms with Crippen molar-refractivity contribution in [3.05, 3.63) is 40.2 Å². The van der Waals surface area contributed by atoms with Gasteiger partial charge in [0.05, 0.1) is 22.3 Å². The first-order valence-electron chi connectivity index (χ1n) is 6.58. The molecule has 1 atom stereocenters. The van der Waals surface area contributed by atoms with E-state index >= 15 is 0 Å². The van der Waals surface area contributed by atoms with Crippen LogP contribution in [0.1, 0.15) is 36.9 Å². The van der Waals surface area contributed by atoms with Crippen LogP contribution in [-0.4, -0.2) is 10.8 Å². The van der Waals surface area contributed by atoms with E-state index in [0.29, 0.717) is 18.2 Å². The van der Waals surface area contributed by atoms with Gasteiger partial charge in [0.15, 0.2) is 11.7 Å². The first-order valence-corrected chi connectivity index (χ1v) is 6.96. The minimum absolute atomic E-state index is 0.151. The van der Waals surface area contributed by atoms with Gasteiger partial charge in [-0.05, 0) is 37.8 Å². The van der Waals surface area contributed by atoms with Gasteiger partial charge in [0, 0.05) is 6.20 Å². The second-order valence-corrected chi connectivity index (χ2v) is 5.62. The lowest BCUT2D eigenvalue weighted by atomic mass is 9.98. The smallest absolute Gasteiger partial charge is 0.293 e. The molecule has 1 aromatic heterocycles. The molecule has 1 aliphatic rings. The van der Waals surface area contributed by atoms with E-state index in [1.165, 1.54) is 6.08 Å². The Morgan fingerprint density at radius 3 is 2.64 bits per heavy atom. The Morgan fingerprint density at radius 1 is 1.55 bits per heavy atom. The van der Waals surface area contributed by atoms with Gasteiger partial charge in [-0.3, -0.25) is 9.78 Å². The quantitative estimate of drug-likeness (QED) is 0.775. The summed E-state index contributed by atoms with van der Waals surface area (Å²) in [6.07, 6.45) is -0.625. The number of rotatable bonds is 4. The highest BCUT2D eigenvalue weighted by Crippen LogP contribution is 2.37. The van der Waals surface area contributed by atoms with Crippen LogP contribution in [0.25, 0.3) is 0 Å². The molecular formula is C15H12ClF3N2O. The molecule has 3 nitrogen and oxygen atoms in total. The minimum Gasteiger partial charge on any atom is -0.293 e. The van der Waals surface area contributed by atoms with Gasteiger partial charge in [-0.25, -0.2) is 0 Å². The molecule has 22 heavy (non-hydrogen) atoms. The van der Waals surface area contributed by atoms with Crippen molar-refractivity contribution in [2.24, 2.45) is 5.92 Å². The van der Waals surface area contributed by atoms with Gasteiger partial charge in [-0.15, -0.1) is 0 Å². The van der Waals surface area contributed by atoms with E-state index in [0.717, 1.165) is 18.4 Å². The second-order valence-electron chi connectivity index (χ2n) is 5.22. The zero-order chi connectivity index (χ0) is 16.5. The Balaban J connectivity index is 2.30.